The monoisotopic (exact) mass is 243 g/mol. The van der Waals surface area contributed by atoms with Crippen molar-refractivity contribution in [2.75, 3.05) is 18.0 Å². The maximum Gasteiger partial charge on any atom is 0.142 e. The first-order valence-corrected chi connectivity index (χ1v) is 6.62. The molecule has 1 saturated heterocycles. The molecule has 0 atom stereocenters. The third kappa shape index (κ3) is 2.81. The van der Waals surface area contributed by atoms with Crippen LogP contribution in [0, 0.1) is 22.7 Å². The van der Waals surface area contributed by atoms with Crippen molar-refractivity contribution < 1.29 is 0 Å². The molecule has 0 bridgehead atoms. The Balaban J connectivity index is 2.04. The van der Waals surface area contributed by atoms with Gasteiger partial charge in [-0.3, -0.25) is 0 Å². The third-order valence-corrected chi connectivity index (χ3v) is 3.94. The van der Waals surface area contributed by atoms with Crippen molar-refractivity contribution >= 4 is 5.69 Å². The first kappa shape index (κ1) is 12.9. The summed E-state index contributed by atoms with van der Waals surface area (Å²) in [6.45, 7) is 9.14. The van der Waals surface area contributed by atoms with E-state index < -0.39 is 0 Å². The lowest BCUT2D eigenvalue weighted by molar-refractivity contribution is 0.199. The standard InChI is InChI=1S/C15H21N3/c1-15(2,3)12-5-8-18(9-6-12)14-4-7-17-13(10-14)11-16/h4,7,10,12H,5-6,8-9H2,1-3H3. The largest absolute Gasteiger partial charge is 0.371 e. The molecule has 3 heteroatoms. The molecule has 0 radical (unpaired) electrons. The number of anilines is 1. The van der Waals surface area contributed by atoms with Crippen LogP contribution < -0.4 is 4.90 Å². The Morgan fingerprint density at radius 3 is 2.56 bits per heavy atom. The minimum Gasteiger partial charge on any atom is -0.371 e. The molecule has 2 rings (SSSR count). The molecule has 3 nitrogen and oxygen atoms in total. The smallest absolute Gasteiger partial charge is 0.142 e. The maximum atomic E-state index is 8.88. The van der Waals surface area contributed by atoms with E-state index in [1.807, 2.05) is 12.1 Å². The molecule has 1 aliphatic heterocycles. The molecule has 1 fully saturated rings. The normalized spacial score (nSPS) is 17.6. The molecule has 0 unspecified atom stereocenters. The molecule has 0 amide bonds. The number of nitriles is 1. The Morgan fingerprint density at radius 2 is 2.00 bits per heavy atom. The molecular weight excluding hydrogens is 222 g/mol. The topological polar surface area (TPSA) is 39.9 Å². The van der Waals surface area contributed by atoms with Crippen molar-refractivity contribution in [3.8, 4) is 6.07 Å². The minimum absolute atomic E-state index is 0.405. The minimum atomic E-state index is 0.405. The summed E-state index contributed by atoms with van der Waals surface area (Å²) in [4.78, 5) is 6.38. The van der Waals surface area contributed by atoms with Crippen molar-refractivity contribution in [2.45, 2.75) is 33.6 Å². The number of hydrogen-bond acceptors (Lipinski definition) is 3. The predicted molar refractivity (Wildman–Crippen MR) is 73.3 cm³/mol. The lowest BCUT2D eigenvalue weighted by Crippen LogP contribution is -2.38. The van der Waals surface area contributed by atoms with Crippen molar-refractivity contribution in [3.05, 3.63) is 24.0 Å². The van der Waals surface area contributed by atoms with Gasteiger partial charge in [0.25, 0.3) is 0 Å². The van der Waals surface area contributed by atoms with E-state index in [4.69, 9.17) is 5.26 Å². The van der Waals surface area contributed by atoms with Gasteiger partial charge in [0.15, 0.2) is 0 Å². The highest BCUT2D eigenvalue weighted by Gasteiger charge is 2.28. The van der Waals surface area contributed by atoms with Crippen LogP contribution in [0.5, 0.6) is 0 Å². The van der Waals surface area contributed by atoms with Crippen molar-refractivity contribution in [1.82, 2.24) is 4.98 Å². The SMILES string of the molecule is CC(C)(C)C1CCN(c2ccnc(C#N)c2)CC1. The van der Waals surface area contributed by atoms with Crippen LogP contribution in [-0.2, 0) is 0 Å². The number of nitrogens with zero attached hydrogens (tertiary/aromatic N) is 3. The Kier molecular flexibility index (Phi) is 3.56. The van der Waals surface area contributed by atoms with Crippen LogP contribution in [0.25, 0.3) is 0 Å². The molecule has 1 aliphatic rings. The molecule has 18 heavy (non-hydrogen) atoms. The van der Waals surface area contributed by atoms with E-state index >= 15 is 0 Å². The maximum absolute atomic E-state index is 8.88. The number of piperidine rings is 1. The van der Waals surface area contributed by atoms with E-state index in [1.165, 1.54) is 12.8 Å². The van der Waals surface area contributed by atoms with E-state index in [2.05, 4.69) is 36.7 Å². The molecule has 1 aromatic rings. The second-order valence-electron chi connectivity index (χ2n) is 6.14. The van der Waals surface area contributed by atoms with E-state index in [0.29, 0.717) is 11.1 Å². The number of hydrogen-bond donors (Lipinski definition) is 0. The summed E-state index contributed by atoms with van der Waals surface area (Å²) in [5.41, 5.74) is 2.04. The summed E-state index contributed by atoms with van der Waals surface area (Å²) in [7, 11) is 0. The first-order valence-electron chi connectivity index (χ1n) is 6.62. The van der Waals surface area contributed by atoms with Gasteiger partial charge >= 0.3 is 0 Å². The van der Waals surface area contributed by atoms with E-state index in [9.17, 15) is 0 Å². The van der Waals surface area contributed by atoms with Crippen LogP contribution >= 0.6 is 0 Å². The molecule has 2 heterocycles. The predicted octanol–water partition coefficient (Wildman–Crippen LogP) is 3.22. The van der Waals surface area contributed by atoms with Gasteiger partial charge in [0, 0.05) is 25.0 Å². The Hall–Kier alpha value is -1.56. The molecule has 0 spiro atoms. The second-order valence-corrected chi connectivity index (χ2v) is 6.14. The third-order valence-electron chi connectivity index (χ3n) is 3.94. The van der Waals surface area contributed by atoms with E-state index in [0.717, 1.165) is 24.7 Å². The van der Waals surface area contributed by atoms with Gasteiger partial charge in [-0.25, -0.2) is 4.98 Å². The second kappa shape index (κ2) is 4.97. The number of pyridine rings is 1. The van der Waals surface area contributed by atoms with E-state index in [-0.39, 0.29) is 0 Å². The van der Waals surface area contributed by atoms with Gasteiger partial charge in [-0.1, -0.05) is 20.8 Å². The fourth-order valence-corrected chi connectivity index (χ4v) is 2.68. The summed E-state index contributed by atoms with van der Waals surface area (Å²) in [6, 6.07) is 5.99. The Bertz CT molecular complexity index is 446. The van der Waals surface area contributed by atoms with Crippen molar-refractivity contribution in [3.63, 3.8) is 0 Å². The summed E-state index contributed by atoms with van der Waals surface area (Å²) in [6.07, 6.45) is 4.19. The fourth-order valence-electron chi connectivity index (χ4n) is 2.68. The van der Waals surface area contributed by atoms with Crippen LogP contribution in [0.2, 0.25) is 0 Å². The van der Waals surface area contributed by atoms with Gasteiger partial charge in [-0.2, -0.15) is 5.26 Å². The lowest BCUT2D eigenvalue weighted by atomic mass is 9.75. The highest BCUT2D eigenvalue weighted by atomic mass is 15.1. The van der Waals surface area contributed by atoms with E-state index in [1.54, 1.807) is 6.20 Å². The highest BCUT2D eigenvalue weighted by molar-refractivity contribution is 5.49. The average Bonchev–Trinajstić information content (AvgIpc) is 2.38. The molecule has 0 aliphatic carbocycles. The molecule has 96 valence electrons. The van der Waals surface area contributed by atoms with Gasteiger partial charge < -0.3 is 4.90 Å². The van der Waals surface area contributed by atoms with Crippen molar-refractivity contribution in [1.29, 1.82) is 5.26 Å². The molecule has 0 N–H and O–H groups in total. The summed E-state index contributed by atoms with van der Waals surface area (Å²) in [5.74, 6) is 0.797. The molecular formula is C15H21N3. The van der Waals surface area contributed by atoms with Crippen LogP contribution in [0.3, 0.4) is 0 Å². The number of rotatable bonds is 1. The van der Waals surface area contributed by atoms with Crippen molar-refractivity contribution in [2.24, 2.45) is 11.3 Å². The fraction of sp³-hybridized carbons (Fsp3) is 0.600. The molecule has 0 aromatic carbocycles. The zero-order valence-electron chi connectivity index (χ0n) is 11.5. The average molecular weight is 243 g/mol. The Labute approximate surface area is 109 Å². The number of aromatic nitrogens is 1. The summed E-state index contributed by atoms with van der Waals surface area (Å²) < 4.78 is 0. The van der Waals surface area contributed by atoms with Gasteiger partial charge in [-0.05, 0) is 36.3 Å². The zero-order chi connectivity index (χ0) is 13.2. The summed E-state index contributed by atoms with van der Waals surface area (Å²) in [5, 5.41) is 8.88. The van der Waals surface area contributed by atoms with Crippen LogP contribution in [0.4, 0.5) is 5.69 Å². The Morgan fingerprint density at radius 1 is 1.33 bits per heavy atom. The first-order chi connectivity index (χ1) is 8.50. The molecule has 1 aromatic heterocycles. The van der Waals surface area contributed by atoms with Gasteiger partial charge in [0.05, 0.1) is 0 Å². The highest BCUT2D eigenvalue weighted by Crippen LogP contribution is 2.35. The van der Waals surface area contributed by atoms with Crippen LogP contribution in [0.1, 0.15) is 39.3 Å². The van der Waals surface area contributed by atoms with Crippen LogP contribution in [0.15, 0.2) is 18.3 Å². The molecule has 0 saturated carbocycles. The summed E-state index contributed by atoms with van der Waals surface area (Å²) >= 11 is 0. The van der Waals surface area contributed by atoms with Gasteiger partial charge in [0.2, 0.25) is 0 Å². The lowest BCUT2D eigenvalue weighted by Gasteiger charge is -2.39. The van der Waals surface area contributed by atoms with Crippen LogP contribution in [-0.4, -0.2) is 18.1 Å². The quantitative estimate of drug-likeness (QED) is 0.760. The zero-order valence-corrected chi connectivity index (χ0v) is 11.5. The van der Waals surface area contributed by atoms with Gasteiger partial charge in [-0.15, -0.1) is 0 Å². The van der Waals surface area contributed by atoms with Gasteiger partial charge in [0.1, 0.15) is 11.8 Å².